The third kappa shape index (κ3) is 3.43. The molecule has 0 unspecified atom stereocenters. The number of piperidine rings is 1. The summed E-state index contributed by atoms with van der Waals surface area (Å²) in [7, 11) is 0. The number of likely N-dealkylation sites (tertiary alicyclic amines) is 2. The van der Waals surface area contributed by atoms with E-state index in [-0.39, 0.29) is 23.0 Å². The van der Waals surface area contributed by atoms with Crippen molar-refractivity contribution in [1.82, 2.24) is 9.80 Å². The van der Waals surface area contributed by atoms with Crippen molar-refractivity contribution in [2.24, 2.45) is 11.3 Å². The molecule has 0 radical (unpaired) electrons. The summed E-state index contributed by atoms with van der Waals surface area (Å²) < 4.78 is 0. The highest BCUT2D eigenvalue weighted by atomic mass is 32.1. The Labute approximate surface area is 158 Å². The van der Waals surface area contributed by atoms with Gasteiger partial charge in [-0.25, -0.2) is 0 Å². The number of carbonyl (C=O) groups excluding carboxylic acids is 3. The topological polar surface area (TPSA) is 57.7 Å². The van der Waals surface area contributed by atoms with Crippen molar-refractivity contribution >= 4 is 28.9 Å². The zero-order valence-electron chi connectivity index (χ0n) is 15.3. The van der Waals surface area contributed by atoms with E-state index < -0.39 is 0 Å². The summed E-state index contributed by atoms with van der Waals surface area (Å²) in [6, 6.07) is 1.82. The third-order valence-electron chi connectivity index (χ3n) is 6.06. The highest BCUT2D eigenvalue weighted by molar-refractivity contribution is 7.12. The summed E-state index contributed by atoms with van der Waals surface area (Å²) in [5.41, 5.74) is 0.554. The van der Waals surface area contributed by atoms with Gasteiger partial charge in [0.2, 0.25) is 11.8 Å². The summed E-state index contributed by atoms with van der Waals surface area (Å²) in [5, 5.41) is 1.89. The molecule has 3 aliphatic rings. The van der Waals surface area contributed by atoms with E-state index in [9.17, 15) is 14.4 Å². The Bertz CT molecular complexity index is 739. The van der Waals surface area contributed by atoms with Crippen LogP contribution in [0.15, 0.2) is 11.4 Å². The molecule has 1 aromatic heterocycles. The molecule has 1 spiro atoms. The Balaban J connectivity index is 1.39. The smallest absolute Gasteiger partial charge is 0.230 e. The van der Waals surface area contributed by atoms with Gasteiger partial charge in [0.25, 0.3) is 0 Å². The van der Waals surface area contributed by atoms with Crippen LogP contribution in [-0.2, 0) is 16.0 Å². The fraction of sp³-hybridized carbons (Fsp3) is 0.650. The van der Waals surface area contributed by atoms with Gasteiger partial charge in [-0.15, -0.1) is 11.3 Å². The second kappa shape index (κ2) is 6.80. The van der Waals surface area contributed by atoms with Crippen LogP contribution in [0.25, 0.3) is 0 Å². The molecule has 0 N–H and O–H groups in total. The number of rotatable bonds is 5. The lowest BCUT2D eigenvalue weighted by Gasteiger charge is -2.39. The minimum absolute atomic E-state index is 0.0392. The normalized spacial score (nSPS) is 26.0. The van der Waals surface area contributed by atoms with E-state index in [0.717, 1.165) is 37.9 Å². The summed E-state index contributed by atoms with van der Waals surface area (Å²) in [6.45, 7) is 4.58. The number of hydrogen-bond acceptors (Lipinski definition) is 4. The first-order valence-corrected chi connectivity index (χ1v) is 10.5. The molecule has 1 aromatic rings. The second-order valence-corrected chi connectivity index (χ2v) is 9.11. The SMILES string of the molecule is CC(=O)c1cc(CC(=O)N2CC[C@@]3(CCCN(CC4CC4)C3=O)C2)cs1. The quantitative estimate of drug-likeness (QED) is 0.745. The lowest BCUT2D eigenvalue weighted by Crippen LogP contribution is -2.51. The molecular formula is C20H26N2O3S. The molecule has 140 valence electrons. The molecule has 2 aliphatic heterocycles. The summed E-state index contributed by atoms with van der Waals surface area (Å²) in [4.78, 5) is 41.8. The predicted molar refractivity (Wildman–Crippen MR) is 100 cm³/mol. The van der Waals surface area contributed by atoms with Crippen LogP contribution in [0.5, 0.6) is 0 Å². The van der Waals surface area contributed by atoms with Gasteiger partial charge in [-0.05, 0) is 62.0 Å². The Morgan fingerprint density at radius 1 is 1.27 bits per heavy atom. The molecular weight excluding hydrogens is 348 g/mol. The van der Waals surface area contributed by atoms with E-state index >= 15 is 0 Å². The van der Waals surface area contributed by atoms with Gasteiger partial charge in [-0.2, -0.15) is 0 Å². The summed E-state index contributed by atoms with van der Waals surface area (Å²) in [5.74, 6) is 1.10. The van der Waals surface area contributed by atoms with Gasteiger partial charge in [0.05, 0.1) is 16.7 Å². The van der Waals surface area contributed by atoms with E-state index in [1.165, 1.54) is 24.2 Å². The summed E-state index contributed by atoms with van der Waals surface area (Å²) >= 11 is 1.39. The van der Waals surface area contributed by atoms with Gasteiger partial charge in [-0.3, -0.25) is 14.4 Å². The first-order chi connectivity index (χ1) is 12.5. The first kappa shape index (κ1) is 17.7. The molecule has 1 atom stereocenters. The molecule has 26 heavy (non-hydrogen) atoms. The maximum atomic E-state index is 13.1. The molecule has 4 rings (SSSR count). The molecule has 6 heteroatoms. The fourth-order valence-electron chi connectivity index (χ4n) is 4.34. The largest absolute Gasteiger partial charge is 0.342 e. The van der Waals surface area contributed by atoms with Crippen molar-refractivity contribution in [3.63, 3.8) is 0 Å². The number of Topliss-reactive ketones (excluding diaryl/α,β-unsaturated/α-hetero) is 1. The van der Waals surface area contributed by atoms with Gasteiger partial charge in [-0.1, -0.05) is 0 Å². The molecule has 0 aromatic carbocycles. The van der Waals surface area contributed by atoms with E-state index in [1.54, 1.807) is 6.92 Å². The van der Waals surface area contributed by atoms with Gasteiger partial charge < -0.3 is 9.80 Å². The standard InChI is InChI=1S/C20H26N2O3S/c1-14(23)17-9-16(12-26-17)10-18(24)22-8-6-20(13-22)5-2-7-21(19(20)25)11-15-3-4-15/h9,12,15H,2-8,10-11,13H2,1H3/t20-/m0/s1. The maximum absolute atomic E-state index is 13.1. The van der Waals surface area contributed by atoms with E-state index in [4.69, 9.17) is 0 Å². The van der Waals surface area contributed by atoms with Crippen LogP contribution < -0.4 is 0 Å². The number of ketones is 1. The average molecular weight is 375 g/mol. The molecule has 1 saturated carbocycles. The molecule has 2 saturated heterocycles. The van der Waals surface area contributed by atoms with Crippen LogP contribution in [0.3, 0.4) is 0 Å². The van der Waals surface area contributed by atoms with E-state index in [0.29, 0.717) is 30.3 Å². The molecule has 2 amide bonds. The Hall–Kier alpha value is -1.69. The molecule has 3 fully saturated rings. The van der Waals surface area contributed by atoms with Crippen molar-refractivity contribution in [1.29, 1.82) is 0 Å². The average Bonchev–Trinajstić information content (AvgIpc) is 3.13. The van der Waals surface area contributed by atoms with Crippen LogP contribution in [0.1, 0.15) is 54.3 Å². The Morgan fingerprint density at radius 3 is 2.77 bits per heavy atom. The lowest BCUT2D eigenvalue weighted by molar-refractivity contribution is -0.146. The monoisotopic (exact) mass is 374 g/mol. The van der Waals surface area contributed by atoms with Crippen molar-refractivity contribution in [3.05, 3.63) is 21.9 Å². The second-order valence-electron chi connectivity index (χ2n) is 8.20. The number of carbonyl (C=O) groups is 3. The number of hydrogen-bond donors (Lipinski definition) is 0. The number of amides is 2. The third-order valence-corrected chi connectivity index (χ3v) is 7.14. The van der Waals surface area contributed by atoms with Crippen molar-refractivity contribution in [2.45, 2.75) is 45.4 Å². The molecule has 0 bridgehead atoms. The highest BCUT2D eigenvalue weighted by Gasteiger charge is 2.49. The number of nitrogens with zero attached hydrogens (tertiary/aromatic N) is 2. The Kier molecular flexibility index (Phi) is 4.63. The summed E-state index contributed by atoms with van der Waals surface area (Å²) in [6.07, 6.45) is 5.58. The van der Waals surface area contributed by atoms with Gasteiger partial charge in [0.15, 0.2) is 5.78 Å². The zero-order valence-corrected chi connectivity index (χ0v) is 16.1. The lowest BCUT2D eigenvalue weighted by atomic mass is 9.78. The van der Waals surface area contributed by atoms with Crippen LogP contribution in [0, 0.1) is 11.3 Å². The maximum Gasteiger partial charge on any atom is 0.230 e. The highest BCUT2D eigenvalue weighted by Crippen LogP contribution is 2.41. The fourth-order valence-corrected chi connectivity index (χ4v) is 5.16. The van der Waals surface area contributed by atoms with Gasteiger partial charge in [0.1, 0.15) is 0 Å². The van der Waals surface area contributed by atoms with Crippen LogP contribution in [0.2, 0.25) is 0 Å². The molecule has 3 heterocycles. The van der Waals surface area contributed by atoms with Crippen LogP contribution in [0.4, 0.5) is 0 Å². The van der Waals surface area contributed by atoms with E-state index in [1.807, 2.05) is 16.3 Å². The number of thiophene rings is 1. The Morgan fingerprint density at radius 2 is 2.08 bits per heavy atom. The first-order valence-electron chi connectivity index (χ1n) is 9.62. The minimum Gasteiger partial charge on any atom is -0.342 e. The van der Waals surface area contributed by atoms with Crippen molar-refractivity contribution < 1.29 is 14.4 Å². The molecule has 1 aliphatic carbocycles. The van der Waals surface area contributed by atoms with Crippen molar-refractivity contribution in [3.8, 4) is 0 Å². The van der Waals surface area contributed by atoms with Gasteiger partial charge >= 0.3 is 0 Å². The van der Waals surface area contributed by atoms with Gasteiger partial charge in [0, 0.05) is 26.2 Å². The zero-order chi connectivity index (χ0) is 18.3. The van der Waals surface area contributed by atoms with Crippen LogP contribution >= 0.6 is 11.3 Å². The van der Waals surface area contributed by atoms with Crippen molar-refractivity contribution in [2.75, 3.05) is 26.2 Å². The predicted octanol–water partition coefficient (Wildman–Crippen LogP) is 2.74. The van der Waals surface area contributed by atoms with E-state index in [2.05, 4.69) is 4.90 Å². The molecule has 5 nitrogen and oxygen atoms in total. The minimum atomic E-state index is -0.345. The van der Waals surface area contributed by atoms with Crippen LogP contribution in [-0.4, -0.2) is 53.6 Å².